The molecule has 2 aliphatic heterocycles. The third kappa shape index (κ3) is 4.76. The maximum absolute atomic E-state index is 15.3. The van der Waals surface area contributed by atoms with Crippen molar-refractivity contribution in [3.63, 3.8) is 0 Å². The summed E-state index contributed by atoms with van der Waals surface area (Å²) in [5, 5.41) is 15.7. The van der Waals surface area contributed by atoms with Crippen LogP contribution in [0.25, 0.3) is 22.7 Å². The van der Waals surface area contributed by atoms with Gasteiger partial charge in [-0.15, -0.1) is 0 Å². The minimum atomic E-state index is -3.31. The number of nitrogens with zero attached hydrogens (tertiary/aromatic N) is 5. The summed E-state index contributed by atoms with van der Waals surface area (Å²) in [5.74, 6) is 0.0503. The molecule has 5 rings (SSSR count). The molecule has 1 fully saturated rings. The fourth-order valence-electron chi connectivity index (χ4n) is 4.54. The minimum absolute atomic E-state index is 0.0196. The molecule has 0 bridgehead atoms. The number of rotatable bonds is 4. The van der Waals surface area contributed by atoms with Crippen LogP contribution in [0.1, 0.15) is 25.3 Å². The molecule has 37 heavy (non-hydrogen) atoms. The van der Waals surface area contributed by atoms with Crippen LogP contribution in [0.15, 0.2) is 46.2 Å². The van der Waals surface area contributed by atoms with Crippen molar-refractivity contribution in [2.45, 2.75) is 25.3 Å². The molecule has 0 unspecified atom stereocenters. The fourth-order valence-corrected chi connectivity index (χ4v) is 7.44. The number of aliphatic imine (C=N–C) groups is 1. The van der Waals surface area contributed by atoms with E-state index >= 15 is 4.39 Å². The van der Waals surface area contributed by atoms with E-state index < -0.39 is 27.8 Å². The van der Waals surface area contributed by atoms with E-state index in [1.165, 1.54) is 35.9 Å². The Morgan fingerprint density at radius 1 is 1.27 bits per heavy atom. The van der Waals surface area contributed by atoms with Gasteiger partial charge in [0, 0.05) is 40.6 Å². The predicted octanol–water partition coefficient (Wildman–Crippen LogP) is 2.33. The van der Waals surface area contributed by atoms with Gasteiger partial charge in [-0.1, -0.05) is 5.16 Å². The quantitative estimate of drug-likeness (QED) is 0.374. The molecule has 3 aromatic rings. The average molecular weight is 532 g/mol. The van der Waals surface area contributed by atoms with E-state index in [-0.39, 0.29) is 17.3 Å². The topological polar surface area (TPSA) is 155 Å². The average Bonchev–Trinajstić information content (AvgIpc) is 3.27. The molecule has 14 heteroatoms. The number of thiol groups is 1. The maximum atomic E-state index is 15.3. The number of carbonyl (C=O) groups is 1. The van der Waals surface area contributed by atoms with E-state index in [2.05, 4.69) is 30.2 Å². The first-order valence-corrected chi connectivity index (χ1v) is 13.4. The standard InChI is InChI=1S/C23H26FN7O5S/c1-23(13-37(34)27-7-3-4-8-31(37)21(29-23)28-22(32)33)15-9-14(5-6-16(15)24)19-10-17(30-36-19)18-11-26-20(35-2)12-25-18/h5-6,9-12,37H,3-4,7-8,13H2,1-2H3,(H,27,34)(H,28,29)(H,32,33)/t23-/m0/s1. The Bertz CT molecular complexity index is 1410. The monoisotopic (exact) mass is 531 g/mol. The molecular formula is C23H26FN7O5S. The Labute approximate surface area is 212 Å². The third-order valence-electron chi connectivity index (χ3n) is 6.32. The lowest BCUT2D eigenvalue weighted by Crippen LogP contribution is -2.61. The Morgan fingerprint density at radius 2 is 2.11 bits per heavy atom. The van der Waals surface area contributed by atoms with Crippen LogP contribution in [-0.4, -0.2) is 66.8 Å². The molecule has 2 aliphatic rings. The second kappa shape index (κ2) is 9.52. The van der Waals surface area contributed by atoms with Crippen LogP contribution in [0.3, 0.4) is 0 Å². The first-order valence-electron chi connectivity index (χ1n) is 11.6. The summed E-state index contributed by atoms with van der Waals surface area (Å²) < 4.78 is 44.4. The van der Waals surface area contributed by atoms with Crippen LogP contribution < -0.4 is 14.8 Å². The lowest BCUT2D eigenvalue weighted by molar-refractivity contribution is 0.199. The Kier molecular flexibility index (Phi) is 6.37. The number of ether oxygens (including phenoxy) is 1. The second-order valence-electron chi connectivity index (χ2n) is 8.95. The van der Waals surface area contributed by atoms with Crippen molar-refractivity contribution in [1.82, 2.24) is 29.5 Å². The molecule has 12 nitrogen and oxygen atoms in total. The van der Waals surface area contributed by atoms with Crippen molar-refractivity contribution in [3.8, 4) is 28.6 Å². The van der Waals surface area contributed by atoms with Gasteiger partial charge in [-0.2, -0.15) is 0 Å². The summed E-state index contributed by atoms with van der Waals surface area (Å²) >= 11 is 0. The van der Waals surface area contributed by atoms with Crippen molar-refractivity contribution < 1.29 is 27.8 Å². The number of guanidine groups is 1. The molecule has 3 N–H and O–H groups in total. The predicted molar refractivity (Wildman–Crippen MR) is 134 cm³/mol. The zero-order chi connectivity index (χ0) is 26.2. The van der Waals surface area contributed by atoms with E-state index in [9.17, 15) is 14.1 Å². The lowest BCUT2D eigenvalue weighted by Gasteiger charge is -2.46. The van der Waals surface area contributed by atoms with E-state index in [1.807, 2.05) is 0 Å². The number of hydrogen-bond acceptors (Lipinski definition) is 8. The van der Waals surface area contributed by atoms with E-state index in [1.54, 1.807) is 19.1 Å². The van der Waals surface area contributed by atoms with Crippen LogP contribution in [0, 0.1) is 5.82 Å². The van der Waals surface area contributed by atoms with Crippen molar-refractivity contribution in [2.75, 3.05) is 26.0 Å². The number of amides is 1. The summed E-state index contributed by atoms with van der Waals surface area (Å²) in [7, 11) is -1.82. The number of aromatic nitrogens is 3. The summed E-state index contributed by atoms with van der Waals surface area (Å²) in [5.41, 5.74) is 0.219. The molecule has 0 saturated carbocycles. The highest BCUT2D eigenvalue weighted by molar-refractivity contribution is 7.99. The highest BCUT2D eigenvalue weighted by atomic mass is 32.3. The lowest BCUT2D eigenvalue weighted by atomic mass is 9.92. The number of methoxy groups -OCH3 is 1. The molecule has 0 spiro atoms. The Morgan fingerprint density at radius 3 is 2.84 bits per heavy atom. The Balaban J connectivity index is 1.54. The van der Waals surface area contributed by atoms with Gasteiger partial charge in [0.2, 0.25) is 11.8 Å². The molecule has 0 radical (unpaired) electrons. The summed E-state index contributed by atoms with van der Waals surface area (Å²) in [6, 6.07) is 6.01. The van der Waals surface area contributed by atoms with E-state index in [0.29, 0.717) is 48.1 Å². The summed E-state index contributed by atoms with van der Waals surface area (Å²) in [6.07, 6.45) is 3.09. The smallest absolute Gasteiger partial charge is 0.411 e. The van der Waals surface area contributed by atoms with Crippen molar-refractivity contribution in [3.05, 3.63) is 48.0 Å². The largest absolute Gasteiger partial charge is 0.480 e. The van der Waals surface area contributed by atoms with Crippen molar-refractivity contribution >= 4 is 22.4 Å². The number of carboxylic acid groups (broad SMARTS) is 1. The number of halogens is 1. The molecule has 4 heterocycles. The molecule has 1 aromatic carbocycles. The van der Waals surface area contributed by atoms with Gasteiger partial charge in [-0.05, 0) is 38.0 Å². The van der Waals surface area contributed by atoms with Gasteiger partial charge in [-0.25, -0.2) is 28.9 Å². The number of fused-ring (bicyclic) bond motifs is 1. The van der Waals surface area contributed by atoms with Gasteiger partial charge in [0.15, 0.2) is 5.76 Å². The number of benzene rings is 1. The molecular weight excluding hydrogens is 505 g/mol. The maximum Gasteiger partial charge on any atom is 0.411 e. The van der Waals surface area contributed by atoms with E-state index in [4.69, 9.17) is 9.26 Å². The van der Waals surface area contributed by atoms with Gasteiger partial charge in [0.25, 0.3) is 0 Å². The third-order valence-corrected chi connectivity index (χ3v) is 9.26. The Hall–Kier alpha value is -3.91. The minimum Gasteiger partial charge on any atom is -0.480 e. The summed E-state index contributed by atoms with van der Waals surface area (Å²) in [4.78, 5) is 24.4. The van der Waals surface area contributed by atoms with Gasteiger partial charge in [0.1, 0.15) is 22.7 Å². The molecule has 196 valence electrons. The van der Waals surface area contributed by atoms with E-state index in [0.717, 1.165) is 6.42 Å². The van der Waals surface area contributed by atoms with Crippen LogP contribution >= 0.6 is 0 Å². The molecule has 1 saturated heterocycles. The van der Waals surface area contributed by atoms with Crippen LogP contribution in [0.4, 0.5) is 9.18 Å². The fraction of sp³-hybridized carbons (Fsp3) is 0.348. The van der Waals surface area contributed by atoms with Crippen molar-refractivity contribution in [2.24, 2.45) is 4.99 Å². The van der Waals surface area contributed by atoms with Crippen LogP contribution in [-0.2, 0) is 15.8 Å². The van der Waals surface area contributed by atoms with Gasteiger partial charge in [0.05, 0.1) is 25.3 Å². The van der Waals surface area contributed by atoms with Gasteiger partial charge >= 0.3 is 6.09 Å². The molecule has 1 amide bonds. The van der Waals surface area contributed by atoms with Crippen LogP contribution in [0.2, 0.25) is 0 Å². The SMILES string of the molecule is COc1cnc(-c2cc(-c3ccc(F)c([C@]4(C)C[SH]5(=O)NCCCCN5C(NC(=O)O)=N4)c3)on2)cn1. The molecule has 1 atom stereocenters. The van der Waals surface area contributed by atoms with Gasteiger partial charge in [-0.3, -0.25) is 13.8 Å². The number of nitrogens with one attached hydrogen (secondary N) is 2. The first kappa shape index (κ1) is 24.8. The van der Waals surface area contributed by atoms with Crippen LogP contribution in [0.5, 0.6) is 5.88 Å². The molecule has 0 aliphatic carbocycles. The highest BCUT2D eigenvalue weighted by Gasteiger charge is 2.44. The highest BCUT2D eigenvalue weighted by Crippen LogP contribution is 2.38. The zero-order valence-corrected chi connectivity index (χ0v) is 21.0. The summed E-state index contributed by atoms with van der Waals surface area (Å²) in [6.45, 7) is 2.51. The van der Waals surface area contributed by atoms with Gasteiger partial charge < -0.3 is 14.4 Å². The first-order chi connectivity index (χ1) is 17.7. The number of hydrogen-bond donors (Lipinski definition) is 4. The molecule has 2 aromatic heterocycles. The zero-order valence-electron chi connectivity index (χ0n) is 20.1. The van der Waals surface area contributed by atoms with Crippen molar-refractivity contribution in [1.29, 1.82) is 0 Å². The second-order valence-corrected chi connectivity index (χ2v) is 11.5. The normalized spacial score (nSPS) is 21.8.